The maximum absolute atomic E-state index is 3.53. The van der Waals surface area contributed by atoms with Crippen LogP contribution in [-0.4, -0.2) is 0 Å². The van der Waals surface area contributed by atoms with Gasteiger partial charge in [0.25, 0.3) is 0 Å². The van der Waals surface area contributed by atoms with Crippen molar-refractivity contribution in [1.29, 1.82) is 0 Å². The van der Waals surface area contributed by atoms with Crippen LogP contribution in [0.4, 0.5) is 0 Å². The van der Waals surface area contributed by atoms with Crippen molar-refractivity contribution in [1.82, 2.24) is 0 Å². The minimum Gasteiger partial charge on any atom is -0.200 e. The van der Waals surface area contributed by atoms with Crippen molar-refractivity contribution in [2.45, 2.75) is 13.8 Å². The first kappa shape index (κ1) is 30.6. The van der Waals surface area contributed by atoms with Gasteiger partial charge in [-0.05, 0) is 118 Å². The summed E-state index contributed by atoms with van der Waals surface area (Å²) in [6.45, 7) is 4.45. The number of aromatic nitrogens is 1. The van der Waals surface area contributed by atoms with Crippen molar-refractivity contribution in [2.24, 2.45) is 7.05 Å². The molecule has 19 aliphatic carbocycles. The van der Waals surface area contributed by atoms with E-state index < -0.39 is 0 Å². The molecule has 0 saturated carbocycles. The predicted molar refractivity (Wildman–Crippen MR) is 213 cm³/mol. The number of allylic oxidation sites excluding steroid dienone is 6. The summed E-state index contributed by atoms with van der Waals surface area (Å²) in [5.74, 6) is 0. The average Bonchev–Trinajstić information content (AvgIpc) is 3.19. The minimum absolute atomic E-state index is 1.09. The van der Waals surface area contributed by atoms with Gasteiger partial charge in [-0.15, -0.1) is 0 Å². The highest BCUT2D eigenvalue weighted by Crippen LogP contribution is 2.35. The Morgan fingerprint density at radius 1 is 0.392 bits per heavy atom. The lowest BCUT2D eigenvalue weighted by atomic mass is 9.90. The molecule has 0 N–H and O–H groups in total. The molecule has 0 saturated heterocycles. The third-order valence-electron chi connectivity index (χ3n) is 10.5. The van der Waals surface area contributed by atoms with E-state index in [0.717, 1.165) is 16.7 Å². The van der Waals surface area contributed by atoms with Crippen LogP contribution in [0.2, 0.25) is 0 Å². The number of benzene rings is 6. The SMILES string of the molecule is Cc1cc2c(C)cc1-c1ccc(cc1)-c1ccc(cc1)-c1ccc(cc1)C1=C[C+]=C(C=C1)c1ccc(cc1)-c1ccc(c[n+]1C)-c1ccc-2cc1. The third-order valence-corrected chi connectivity index (χ3v) is 10.5. The Bertz CT molecular complexity index is 2520. The quantitative estimate of drug-likeness (QED) is 0.113. The summed E-state index contributed by atoms with van der Waals surface area (Å²) < 4.78 is 2.22. The van der Waals surface area contributed by atoms with E-state index in [1.807, 2.05) is 0 Å². The first-order chi connectivity index (χ1) is 25.0. The highest BCUT2D eigenvalue weighted by Gasteiger charge is 2.17. The molecule has 0 unspecified atom stereocenters. The predicted octanol–water partition coefficient (Wildman–Crippen LogP) is 12.3. The van der Waals surface area contributed by atoms with Gasteiger partial charge in [0.1, 0.15) is 7.05 Å². The highest BCUT2D eigenvalue weighted by molar-refractivity contribution is 5.87. The molecule has 30 rings (SSSR count). The summed E-state index contributed by atoms with van der Waals surface area (Å²) in [7, 11) is 2.13. The van der Waals surface area contributed by atoms with Gasteiger partial charge in [0, 0.05) is 41.0 Å². The van der Waals surface area contributed by atoms with E-state index in [-0.39, 0.29) is 0 Å². The second-order valence-electron chi connectivity index (χ2n) is 13.8. The summed E-state index contributed by atoms with van der Waals surface area (Å²) in [6, 6.07) is 53.7. The molecular weight excluding hydrogens is 615 g/mol. The fourth-order valence-corrected chi connectivity index (χ4v) is 7.52. The number of aryl methyl sites for hydroxylation is 3. The zero-order chi connectivity index (χ0) is 34.5. The molecule has 6 aromatic carbocycles. The molecule has 0 fully saturated rings. The second-order valence-corrected chi connectivity index (χ2v) is 13.8. The van der Waals surface area contributed by atoms with Gasteiger partial charge in [0.15, 0.2) is 11.8 Å². The Kier molecular flexibility index (Phi) is 7.50. The van der Waals surface area contributed by atoms with Crippen LogP contribution >= 0.6 is 0 Å². The molecule has 0 atom stereocenters. The molecule has 51 heavy (non-hydrogen) atoms. The van der Waals surface area contributed by atoms with Crippen molar-refractivity contribution < 1.29 is 4.57 Å². The molecule has 1 nitrogen and oxygen atoms in total. The number of pyridine rings is 1. The maximum Gasteiger partial charge on any atom is 0.212 e. The van der Waals surface area contributed by atoms with E-state index in [4.69, 9.17) is 0 Å². The largest absolute Gasteiger partial charge is 0.212 e. The lowest BCUT2D eigenvalue weighted by Gasteiger charge is -2.14. The van der Waals surface area contributed by atoms with E-state index in [0.29, 0.717) is 0 Å². The molecule has 7 aromatic rings. The van der Waals surface area contributed by atoms with Crippen molar-refractivity contribution in [3.63, 3.8) is 0 Å². The van der Waals surface area contributed by atoms with Crippen LogP contribution in [0.25, 0.3) is 78.0 Å². The van der Waals surface area contributed by atoms with E-state index in [1.165, 1.54) is 83.6 Å². The Hall–Kier alpha value is -6.40. The Morgan fingerprint density at radius 3 is 1.24 bits per heavy atom. The highest BCUT2D eigenvalue weighted by atomic mass is 14.9. The Labute approximate surface area is 300 Å². The molecule has 240 valence electrons. The van der Waals surface area contributed by atoms with E-state index in [1.54, 1.807) is 0 Å². The summed E-state index contributed by atoms with van der Waals surface area (Å²) in [5, 5.41) is 0. The molecule has 0 amide bonds. The van der Waals surface area contributed by atoms with Crippen LogP contribution in [0.5, 0.6) is 0 Å². The van der Waals surface area contributed by atoms with E-state index in [2.05, 4.69) is 202 Å². The summed E-state index contributed by atoms with van der Waals surface area (Å²) in [4.78, 5) is 0. The van der Waals surface area contributed by atoms with Crippen LogP contribution in [0.15, 0.2) is 170 Å². The zero-order valence-electron chi connectivity index (χ0n) is 29.1. The van der Waals surface area contributed by atoms with Crippen LogP contribution in [0, 0.1) is 19.9 Å². The van der Waals surface area contributed by atoms with Gasteiger partial charge in [-0.2, -0.15) is 0 Å². The second kappa shape index (κ2) is 12.5. The fourth-order valence-electron chi connectivity index (χ4n) is 7.52. The smallest absolute Gasteiger partial charge is 0.200 e. The number of hydrogen-bond donors (Lipinski definition) is 0. The van der Waals surface area contributed by atoms with Crippen LogP contribution in [0.1, 0.15) is 22.3 Å². The molecule has 16 bridgehead atoms. The van der Waals surface area contributed by atoms with E-state index >= 15 is 0 Å². The molecule has 5 heterocycles. The summed E-state index contributed by atoms with van der Waals surface area (Å²) in [5.41, 5.74) is 21.8. The topological polar surface area (TPSA) is 3.88 Å². The van der Waals surface area contributed by atoms with Gasteiger partial charge in [0.2, 0.25) is 5.69 Å². The molecular formula is C50H37N+2. The molecule has 1 aromatic heterocycles. The number of rotatable bonds is 0. The monoisotopic (exact) mass is 651 g/mol. The van der Waals surface area contributed by atoms with Gasteiger partial charge >= 0.3 is 0 Å². The number of nitrogens with zero attached hydrogens (tertiary/aromatic N) is 1. The average molecular weight is 652 g/mol. The molecule has 0 radical (unpaired) electrons. The lowest BCUT2D eigenvalue weighted by Crippen LogP contribution is -2.30. The van der Waals surface area contributed by atoms with Gasteiger partial charge in [-0.3, -0.25) is 0 Å². The zero-order valence-corrected chi connectivity index (χ0v) is 29.1. The normalized spacial score (nSPS) is 12.6. The molecule has 1 heteroatoms. The third kappa shape index (κ3) is 5.75. The van der Waals surface area contributed by atoms with Crippen LogP contribution in [-0.2, 0) is 7.05 Å². The minimum atomic E-state index is 1.09. The Morgan fingerprint density at radius 2 is 0.784 bits per heavy atom. The fraction of sp³-hybridized carbons (Fsp3) is 0.0600. The molecule has 0 spiro atoms. The first-order valence-electron chi connectivity index (χ1n) is 17.6. The van der Waals surface area contributed by atoms with Gasteiger partial charge < -0.3 is 0 Å². The standard InChI is InChI=1S/C50H37N/c1-33-31-49-34(2)30-48(33)44-22-16-41(17-23-44)39-12-8-37(9-13-39)35-4-6-36(7-5-35)38-10-14-40(15-11-38)42-20-26-46(27-21-42)50-29-28-47(32-51(50)3)43-18-24-45(49)25-19-43/h4-14,16-32H,1-3H3/q+2. The Balaban J connectivity index is 1.12. The number of hydrogen-bond acceptors (Lipinski definition) is 0. The lowest BCUT2D eigenvalue weighted by molar-refractivity contribution is -0.659. The summed E-state index contributed by atoms with van der Waals surface area (Å²) in [6.07, 6.45) is 12.2. The summed E-state index contributed by atoms with van der Waals surface area (Å²) >= 11 is 0. The van der Waals surface area contributed by atoms with Gasteiger partial charge in [-0.1, -0.05) is 97.1 Å². The van der Waals surface area contributed by atoms with Crippen molar-refractivity contribution >= 4 is 11.1 Å². The van der Waals surface area contributed by atoms with Crippen LogP contribution < -0.4 is 4.57 Å². The van der Waals surface area contributed by atoms with Crippen molar-refractivity contribution in [2.75, 3.05) is 0 Å². The molecule has 23 aliphatic rings. The maximum atomic E-state index is 3.53. The van der Waals surface area contributed by atoms with Crippen molar-refractivity contribution in [3.05, 3.63) is 198 Å². The molecule has 4 aliphatic heterocycles. The van der Waals surface area contributed by atoms with E-state index in [9.17, 15) is 0 Å². The van der Waals surface area contributed by atoms with Crippen LogP contribution in [0.3, 0.4) is 0 Å². The first-order valence-corrected chi connectivity index (χ1v) is 17.6. The van der Waals surface area contributed by atoms with Crippen molar-refractivity contribution in [3.8, 4) is 66.9 Å². The van der Waals surface area contributed by atoms with Gasteiger partial charge in [-0.25, -0.2) is 4.57 Å². The van der Waals surface area contributed by atoms with Gasteiger partial charge in [0.05, 0.1) is 17.2 Å².